The zero-order valence-corrected chi connectivity index (χ0v) is 17.0. The Morgan fingerprint density at radius 1 is 1.10 bits per heavy atom. The second-order valence-electron chi connectivity index (χ2n) is 6.56. The highest BCUT2D eigenvalue weighted by Crippen LogP contribution is 2.36. The molecule has 2 aliphatic rings. The van der Waals surface area contributed by atoms with Gasteiger partial charge in [-0.1, -0.05) is 42.2 Å². The maximum atomic E-state index is 12.9. The predicted molar refractivity (Wildman–Crippen MR) is 119 cm³/mol. The molecule has 1 N–H and O–H groups in total. The van der Waals surface area contributed by atoms with Gasteiger partial charge in [-0.05, 0) is 42.0 Å². The molecule has 148 valence electrons. The van der Waals surface area contributed by atoms with Crippen molar-refractivity contribution in [3.8, 4) is 0 Å². The van der Waals surface area contributed by atoms with E-state index in [1.165, 1.54) is 28.8 Å². The summed E-state index contributed by atoms with van der Waals surface area (Å²) in [5.41, 5.74) is 2.60. The van der Waals surface area contributed by atoms with Crippen LogP contribution in [0.5, 0.6) is 0 Å². The molecule has 2 aromatic carbocycles. The molecule has 1 amide bonds. The van der Waals surface area contributed by atoms with Gasteiger partial charge in [-0.3, -0.25) is 9.69 Å². The number of amides is 1. The van der Waals surface area contributed by atoms with Crippen molar-refractivity contribution < 1.29 is 19.4 Å². The van der Waals surface area contributed by atoms with Crippen molar-refractivity contribution in [2.45, 2.75) is 0 Å². The number of carbonyl (C=O) groups is 2. The maximum Gasteiger partial charge on any atom is 0.335 e. The molecule has 2 saturated heterocycles. The van der Waals surface area contributed by atoms with Crippen LogP contribution in [-0.2, 0) is 9.53 Å². The first-order valence-corrected chi connectivity index (χ1v) is 10.3. The summed E-state index contributed by atoms with van der Waals surface area (Å²) in [4.78, 5) is 28.3. The van der Waals surface area contributed by atoms with Crippen LogP contribution < -0.4 is 9.80 Å². The van der Waals surface area contributed by atoms with Gasteiger partial charge in [-0.2, -0.15) is 0 Å². The highest BCUT2D eigenvalue weighted by molar-refractivity contribution is 8.27. The summed E-state index contributed by atoms with van der Waals surface area (Å²) in [6.07, 6.45) is 1.81. The molecule has 0 bridgehead atoms. The molecular formula is C21H18N2O4S2. The lowest BCUT2D eigenvalue weighted by molar-refractivity contribution is -0.113. The standard InChI is InChI=1S/C21H18N2O4S2/c24-19-18(12-14-4-6-16(7-5-14)22-8-10-27-11-9-22)29-21(28)23(19)17-3-1-2-15(13-17)20(25)26/h1-7,12-13H,8-11H2,(H,25,26)/b18-12+. The lowest BCUT2D eigenvalue weighted by Gasteiger charge is -2.28. The Morgan fingerprint density at radius 3 is 2.52 bits per heavy atom. The summed E-state index contributed by atoms with van der Waals surface area (Å²) in [6.45, 7) is 3.20. The molecule has 2 aliphatic heterocycles. The summed E-state index contributed by atoms with van der Waals surface area (Å²) in [5.74, 6) is -1.30. The molecule has 2 fully saturated rings. The Kier molecular flexibility index (Phi) is 5.66. The van der Waals surface area contributed by atoms with E-state index in [1.807, 2.05) is 30.3 Å². The minimum atomic E-state index is -1.05. The van der Waals surface area contributed by atoms with Gasteiger partial charge in [-0.25, -0.2) is 4.79 Å². The number of carboxylic acid groups (broad SMARTS) is 1. The molecule has 2 aromatic rings. The van der Waals surface area contributed by atoms with Crippen LogP contribution in [0.15, 0.2) is 53.4 Å². The van der Waals surface area contributed by atoms with Gasteiger partial charge in [0.25, 0.3) is 5.91 Å². The number of hydrogen-bond donors (Lipinski definition) is 1. The van der Waals surface area contributed by atoms with Gasteiger partial charge in [0.1, 0.15) is 0 Å². The molecule has 0 saturated carbocycles. The van der Waals surface area contributed by atoms with Crippen molar-refractivity contribution in [2.75, 3.05) is 36.1 Å². The third-order valence-electron chi connectivity index (χ3n) is 4.71. The SMILES string of the molecule is O=C(O)c1cccc(N2C(=O)/C(=C\c3ccc(N4CCOCC4)cc3)SC2=S)c1. The second kappa shape index (κ2) is 8.36. The Labute approximate surface area is 177 Å². The second-order valence-corrected chi connectivity index (χ2v) is 8.24. The Hall–Kier alpha value is -2.68. The van der Waals surface area contributed by atoms with Crippen LogP contribution >= 0.6 is 24.0 Å². The van der Waals surface area contributed by atoms with Crippen molar-refractivity contribution in [3.63, 3.8) is 0 Å². The number of thiocarbonyl (C=S) groups is 1. The Balaban J connectivity index is 1.54. The van der Waals surface area contributed by atoms with Crippen LogP contribution in [0.25, 0.3) is 6.08 Å². The Bertz CT molecular complexity index is 998. The van der Waals surface area contributed by atoms with Crippen LogP contribution in [-0.4, -0.2) is 47.6 Å². The van der Waals surface area contributed by atoms with Crippen LogP contribution in [0, 0.1) is 0 Å². The average molecular weight is 427 g/mol. The number of hydrogen-bond acceptors (Lipinski definition) is 6. The van der Waals surface area contributed by atoms with Crippen molar-refractivity contribution in [3.05, 3.63) is 64.6 Å². The molecule has 6 nitrogen and oxygen atoms in total. The summed E-state index contributed by atoms with van der Waals surface area (Å²) in [6, 6.07) is 14.2. The molecule has 29 heavy (non-hydrogen) atoms. The zero-order valence-electron chi connectivity index (χ0n) is 15.4. The van der Waals surface area contributed by atoms with Crippen LogP contribution in [0.3, 0.4) is 0 Å². The van der Waals surface area contributed by atoms with E-state index in [1.54, 1.807) is 12.1 Å². The lowest BCUT2D eigenvalue weighted by Crippen LogP contribution is -2.36. The van der Waals surface area contributed by atoms with Crippen LogP contribution in [0.1, 0.15) is 15.9 Å². The number of aromatic carboxylic acids is 1. The molecule has 0 radical (unpaired) electrons. The van der Waals surface area contributed by atoms with E-state index in [0.717, 1.165) is 37.6 Å². The van der Waals surface area contributed by atoms with E-state index < -0.39 is 5.97 Å². The van der Waals surface area contributed by atoms with Crippen LogP contribution in [0.2, 0.25) is 0 Å². The molecule has 2 heterocycles. The molecule has 0 atom stereocenters. The lowest BCUT2D eigenvalue weighted by atomic mass is 10.1. The number of nitrogens with zero attached hydrogens (tertiary/aromatic N) is 2. The number of benzene rings is 2. The number of carboxylic acids is 1. The van der Waals surface area contributed by atoms with Gasteiger partial charge in [0.15, 0.2) is 4.32 Å². The zero-order chi connectivity index (χ0) is 20.4. The number of thioether (sulfide) groups is 1. The molecule has 0 spiro atoms. The van der Waals surface area contributed by atoms with Gasteiger partial charge >= 0.3 is 5.97 Å². The highest BCUT2D eigenvalue weighted by atomic mass is 32.2. The molecular weight excluding hydrogens is 408 g/mol. The minimum Gasteiger partial charge on any atom is -0.478 e. The quantitative estimate of drug-likeness (QED) is 0.591. The molecule has 8 heteroatoms. The summed E-state index contributed by atoms with van der Waals surface area (Å²) in [7, 11) is 0. The van der Waals surface area contributed by atoms with Gasteiger partial charge in [-0.15, -0.1) is 0 Å². The topological polar surface area (TPSA) is 70.1 Å². The summed E-state index contributed by atoms with van der Waals surface area (Å²) < 4.78 is 5.76. The number of rotatable bonds is 4. The third-order valence-corrected chi connectivity index (χ3v) is 6.01. The molecule has 0 aliphatic carbocycles. The number of anilines is 2. The fraction of sp³-hybridized carbons (Fsp3) is 0.190. The Morgan fingerprint density at radius 2 is 1.83 bits per heavy atom. The highest BCUT2D eigenvalue weighted by Gasteiger charge is 2.33. The van der Waals surface area contributed by atoms with Gasteiger partial charge < -0.3 is 14.7 Å². The number of carbonyl (C=O) groups excluding carboxylic acids is 1. The normalized spacial score (nSPS) is 18.6. The van der Waals surface area contributed by atoms with E-state index in [9.17, 15) is 14.7 Å². The summed E-state index contributed by atoms with van der Waals surface area (Å²) in [5, 5.41) is 9.18. The van der Waals surface area contributed by atoms with Crippen molar-refractivity contribution in [1.29, 1.82) is 0 Å². The van der Waals surface area contributed by atoms with Gasteiger partial charge in [0.2, 0.25) is 0 Å². The van der Waals surface area contributed by atoms with E-state index in [0.29, 0.717) is 14.9 Å². The first-order chi connectivity index (χ1) is 14.0. The fourth-order valence-electron chi connectivity index (χ4n) is 3.22. The van der Waals surface area contributed by atoms with E-state index in [4.69, 9.17) is 17.0 Å². The predicted octanol–water partition coefficient (Wildman–Crippen LogP) is 3.63. The van der Waals surface area contributed by atoms with E-state index in [-0.39, 0.29) is 11.5 Å². The molecule has 4 rings (SSSR count). The van der Waals surface area contributed by atoms with Gasteiger partial charge in [0, 0.05) is 18.8 Å². The first kappa shape index (κ1) is 19.6. The van der Waals surface area contributed by atoms with E-state index >= 15 is 0 Å². The number of ether oxygens (including phenoxy) is 1. The third kappa shape index (κ3) is 4.19. The maximum absolute atomic E-state index is 12.9. The number of morpholine rings is 1. The van der Waals surface area contributed by atoms with Crippen molar-refractivity contribution >= 4 is 57.6 Å². The fourth-order valence-corrected chi connectivity index (χ4v) is 4.52. The smallest absolute Gasteiger partial charge is 0.335 e. The average Bonchev–Trinajstić information content (AvgIpc) is 3.02. The van der Waals surface area contributed by atoms with Crippen LogP contribution in [0.4, 0.5) is 11.4 Å². The van der Waals surface area contributed by atoms with E-state index in [2.05, 4.69) is 4.90 Å². The van der Waals surface area contributed by atoms with Gasteiger partial charge in [0.05, 0.1) is 29.4 Å². The monoisotopic (exact) mass is 426 g/mol. The molecule has 0 aromatic heterocycles. The minimum absolute atomic E-state index is 0.110. The first-order valence-electron chi connectivity index (χ1n) is 9.07. The van der Waals surface area contributed by atoms with Crippen molar-refractivity contribution in [1.82, 2.24) is 0 Å². The molecule has 0 unspecified atom stereocenters. The van der Waals surface area contributed by atoms with Crippen molar-refractivity contribution in [2.24, 2.45) is 0 Å². The summed E-state index contributed by atoms with van der Waals surface area (Å²) >= 11 is 6.58. The largest absolute Gasteiger partial charge is 0.478 e.